The molecule has 3 aromatic carbocycles. The van der Waals surface area contributed by atoms with Crippen LogP contribution in [0.1, 0.15) is 40.7 Å². The number of hydrogen-bond acceptors (Lipinski definition) is 6. The van der Waals surface area contributed by atoms with Gasteiger partial charge in [-0.15, -0.1) is 0 Å². The second-order valence-electron chi connectivity index (χ2n) is 11.0. The van der Waals surface area contributed by atoms with E-state index in [1.54, 1.807) is 61.5 Å². The van der Waals surface area contributed by atoms with Crippen molar-refractivity contribution < 1.29 is 27.2 Å². The first kappa shape index (κ1) is 32.0. The minimum Gasteiger partial charge on any atom is -0.465 e. The number of hydrogen-bond donors (Lipinski definition) is 0. The van der Waals surface area contributed by atoms with Gasteiger partial charge in [-0.05, 0) is 81.3 Å². The molecule has 0 aliphatic carbocycles. The van der Waals surface area contributed by atoms with Gasteiger partial charge in [-0.1, -0.05) is 65.2 Å². The van der Waals surface area contributed by atoms with Gasteiger partial charge in [-0.2, -0.15) is 4.31 Å². The molecule has 4 aromatic rings. The molecular weight excluding hydrogens is 612 g/mol. The molecule has 1 amide bonds. The maximum absolute atomic E-state index is 13.8. The van der Waals surface area contributed by atoms with Crippen molar-refractivity contribution in [2.24, 2.45) is 0 Å². The largest absolute Gasteiger partial charge is 0.465 e. The Morgan fingerprint density at radius 1 is 0.911 bits per heavy atom. The van der Waals surface area contributed by atoms with E-state index in [2.05, 4.69) is 0 Å². The molecule has 1 aromatic heterocycles. The van der Waals surface area contributed by atoms with Crippen LogP contribution in [-0.2, 0) is 37.4 Å². The average molecular weight is 645 g/mol. The highest BCUT2D eigenvalue weighted by molar-refractivity contribution is 7.89. The first-order chi connectivity index (χ1) is 21.4. The summed E-state index contributed by atoms with van der Waals surface area (Å²) < 4.78 is 40.0. The fraction of sp³-hybridized carbons (Fsp3) is 0.200. The fourth-order valence-corrected chi connectivity index (χ4v) is 6.64. The van der Waals surface area contributed by atoms with Gasteiger partial charge in [0, 0.05) is 17.3 Å². The number of carbonyl (C=O) groups is 2. The molecule has 0 saturated heterocycles. The lowest BCUT2D eigenvalue weighted by molar-refractivity contribution is -0.136. The Labute approximate surface area is 268 Å². The molecular formula is C35H33ClN2O6S. The van der Waals surface area contributed by atoms with Gasteiger partial charge in [0.15, 0.2) is 0 Å². The molecule has 0 atom stereocenters. The van der Waals surface area contributed by atoms with Crippen LogP contribution in [0, 0.1) is 20.8 Å². The number of carbonyl (C=O) groups excluding carboxylic acids is 2. The van der Waals surface area contributed by atoms with Crippen LogP contribution < -0.4 is 4.90 Å². The summed E-state index contributed by atoms with van der Waals surface area (Å²) in [6, 6.07) is 22.9. The number of rotatable bonds is 9. The lowest BCUT2D eigenvalue weighted by Gasteiger charge is -2.21. The summed E-state index contributed by atoms with van der Waals surface area (Å²) in [6.07, 6.45) is 1.47. The van der Waals surface area contributed by atoms with E-state index in [0.29, 0.717) is 22.2 Å². The van der Waals surface area contributed by atoms with Crippen LogP contribution in [0.15, 0.2) is 105 Å². The van der Waals surface area contributed by atoms with Gasteiger partial charge < -0.3 is 9.15 Å². The number of amides is 1. The average Bonchev–Trinajstić information content (AvgIpc) is 3.55. The van der Waals surface area contributed by atoms with E-state index in [0.717, 1.165) is 22.3 Å². The summed E-state index contributed by atoms with van der Waals surface area (Å²) in [7, 11) is -2.66. The maximum atomic E-state index is 13.8. The van der Waals surface area contributed by atoms with E-state index >= 15 is 0 Å². The molecule has 0 radical (unpaired) electrons. The summed E-state index contributed by atoms with van der Waals surface area (Å²) in [4.78, 5) is 28.1. The molecule has 0 spiro atoms. The van der Waals surface area contributed by atoms with Crippen LogP contribution in [0.25, 0.3) is 6.08 Å². The second kappa shape index (κ2) is 12.9. The number of sulfonamides is 1. The molecule has 8 nitrogen and oxygen atoms in total. The van der Waals surface area contributed by atoms with E-state index in [9.17, 15) is 18.0 Å². The number of benzene rings is 3. The van der Waals surface area contributed by atoms with Crippen molar-refractivity contribution in [1.29, 1.82) is 0 Å². The van der Waals surface area contributed by atoms with Gasteiger partial charge in [0.1, 0.15) is 11.5 Å². The number of halogens is 1. The standard InChI is InChI=1S/C35H33ClN2O6S/c1-22-6-11-26(12-7-22)20-37(45(41,42)30-16-8-23(2)9-17-30)21-29-15-14-28(44-29)19-31-33(35(40)43-5)25(4)38(34(31)39)27-13-10-24(3)32(36)18-27/h6-19H,20-21H2,1-5H3/b31-19+. The zero-order valence-electron chi connectivity index (χ0n) is 25.6. The normalized spacial score (nSPS) is 14.6. The van der Waals surface area contributed by atoms with Gasteiger partial charge in [0.25, 0.3) is 5.91 Å². The Morgan fingerprint density at radius 3 is 2.18 bits per heavy atom. The zero-order chi connectivity index (χ0) is 32.5. The third-order valence-corrected chi connectivity index (χ3v) is 9.86. The van der Waals surface area contributed by atoms with Crippen LogP contribution >= 0.6 is 11.6 Å². The van der Waals surface area contributed by atoms with Crippen molar-refractivity contribution in [3.63, 3.8) is 0 Å². The number of ether oxygens (including phenoxy) is 1. The van der Waals surface area contributed by atoms with Crippen LogP contribution in [0.5, 0.6) is 0 Å². The highest BCUT2D eigenvalue weighted by atomic mass is 35.5. The summed E-state index contributed by atoms with van der Waals surface area (Å²) in [6.45, 7) is 7.43. The number of furan rings is 1. The van der Waals surface area contributed by atoms with Crippen LogP contribution in [0.3, 0.4) is 0 Å². The smallest absolute Gasteiger partial charge is 0.340 e. The SMILES string of the molecule is COC(=O)C1=C(C)N(c2ccc(C)c(Cl)c2)C(=O)/C1=C/c1ccc(CN(Cc2ccc(C)cc2)S(=O)(=O)c2ccc(C)cc2)o1. The van der Waals surface area contributed by atoms with E-state index in [1.807, 2.05) is 45.0 Å². The van der Waals surface area contributed by atoms with E-state index in [1.165, 1.54) is 22.4 Å². The maximum Gasteiger partial charge on any atom is 0.340 e. The third kappa shape index (κ3) is 6.66. The lowest BCUT2D eigenvalue weighted by atomic mass is 10.1. The van der Waals surface area contributed by atoms with Gasteiger partial charge in [0.05, 0.1) is 35.4 Å². The minimum absolute atomic E-state index is 0.0616. The van der Waals surface area contributed by atoms with E-state index in [4.69, 9.17) is 20.8 Å². The molecule has 45 heavy (non-hydrogen) atoms. The molecule has 1 aliphatic rings. The molecule has 0 bridgehead atoms. The minimum atomic E-state index is -3.90. The van der Waals surface area contributed by atoms with Crippen molar-refractivity contribution in [3.05, 3.63) is 135 Å². The molecule has 2 heterocycles. The quantitative estimate of drug-likeness (QED) is 0.142. The fourth-order valence-electron chi connectivity index (χ4n) is 5.07. The molecule has 5 rings (SSSR count). The van der Waals surface area contributed by atoms with Crippen LogP contribution in [0.2, 0.25) is 5.02 Å². The van der Waals surface area contributed by atoms with E-state index in [-0.39, 0.29) is 34.9 Å². The Kier molecular flexibility index (Phi) is 9.16. The highest BCUT2D eigenvalue weighted by Crippen LogP contribution is 2.37. The third-order valence-electron chi connectivity index (χ3n) is 7.64. The van der Waals surface area contributed by atoms with Crippen molar-refractivity contribution in [3.8, 4) is 0 Å². The van der Waals surface area contributed by atoms with Gasteiger partial charge in [0.2, 0.25) is 10.0 Å². The molecule has 0 fully saturated rings. The monoisotopic (exact) mass is 644 g/mol. The van der Waals surface area contributed by atoms with Crippen LogP contribution in [-0.4, -0.2) is 31.7 Å². The summed E-state index contributed by atoms with van der Waals surface area (Å²) in [5, 5.41) is 0.483. The Morgan fingerprint density at radius 2 is 1.56 bits per heavy atom. The number of allylic oxidation sites excluding steroid dienone is 1. The topological polar surface area (TPSA) is 97.1 Å². The van der Waals surface area contributed by atoms with Crippen molar-refractivity contribution in [1.82, 2.24) is 4.31 Å². The van der Waals surface area contributed by atoms with Gasteiger partial charge >= 0.3 is 5.97 Å². The second-order valence-corrected chi connectivity index (χ2v) is 13.3. The Bertz CT molecular complexity index is 1940. The number of methoxy groups -OCH3 is 1. The van der Waals surface area contributed by atoms with Crippen molar-refractivity contribution in [2.45, 2.75) is 45.7 Å². The highest BCUT2D eigenvalue weighted by Gasteiger charge is 2.38. The van der Waals surface area contributed by atoms with Gasteiger partial charge in [-0.3, -0.25) is 9.69 Å². The van der Waals surface area contributed by atoms with Gasteiger partial charge in [-0.25, -0.2) is 13.2 Å². The zero-order valence-corrected chi connectivity index (χ0v) is 27.2. The number of nitrogens with zero attached hydrogens (tertiary/aromatic N) is 2. The predicted molar refractivity (Wildman–Crippen MR) is 174 cm³/mol. The van der Waals surface area contributed by atoms with E-state index < -0.39 is 21.9 Å². The summed E-state index contributed by atoms with van der Waals surface area (Å²) in [5.74, 6) is -0.492. The van der Waals surface area contributed by atoms with Crippen molar-refractivity contribution >= 4 is 45.3 Å². The lowest BCUT2D eigenvalue weighted by Crippen LogP contribution is -2.30. The first-order valence-corrected chi connectivity index (χ1v) is 16.0. The number of esters is 1. The summed E-state index contributed by atoms with van der Waals surface area (Å²) in [5.41, 5.74) is 4.76. The molecule has 10 heteroatoms. The summed E-state index contributed by atoms with van der Waals surface area (Å²) >= 11 is 6.34. The Balaban J connectivity index is 1.49. The molecule has 1 aliphatic heterocycles. The molecule has 0 saturated carbocycles. The van der Waals surface area contributed by atoms with Crippen LogP contribution in [0.4, 0.5) is 5.69 Å². The van der Waals surface area contributed by atoms with Crippen molar-refractivity contribution in [2.75, 3.05) is 12.0 Å². The molecule has 232 valence electrons. The first-order valence-electron chi connectivity index (χ1n) is 14.2. The molecule has 0 N–H and O–H groups in total. The number of aryl methyl sites for hydroxylation is 3. The Hall–Kier alpha value is -4.44. The number of anilines is 1. The molecule has 0 unspecified atom stereocenters. The predicted octanol–water partition coefficient (Wildman–Crippen LogP) is 7.13.